The van der Waals surface area contributed by atoms with Crippen molar-refractivity contribution in [2.45, 2.75) is 6.42 Å². The average Bonchev–Trinajstić information content (AvgIpc) is 2.88. The summed E-state index contributed by atoms with van der Waals surface area (Å²) in [7, 11) is 0. The zero-order valence-corrected chi connectivity index (χ0v) is 11.0. The second-order valence-electron chi connectivity index (χ2n) is 5.10. The number of hydrogen-bond donors (Lipinski definition) is 1. The first kappa shape index (κ1) is 11.2. The number of nitrogen functional groups attached to an aromatic ring is 1. The number of benzene rings is 2. The molecule has 0 aliphatic heterocycles. The molecular weight excluding hydrogens is 244 g/mol. The highest BCUT2D eigenvalue weighted by molar-refractivity contribution is 5.88. The van der Waals surface area contributed by atoms with Gasteiger partial charge in [-0.2, -0.15) is 0 Å². The first-order valence-corrected chi connectivity index (χ1v) is 6.75. The minimum atomic E-state index is 0.859. The summed E-state index contributed by atoms with van der Waals surface area (Å²) in [5.74, 6) is 0. The van der Waals surface area contributed by atoms with Crippen LogP contribution in [0.15, 0.2) is 60.8 Å². The van der Waals surface area contributed by atoms with Gasteiger partial charge in [-0.25, -0.2) is 0 Å². The first-order valence-electron chi connectivity index (χ1n) is 6.75. The third kappa shape index (κ3) is 1.55. The molecule has 0 fully saturated rings. The Balaban J connectivity index is 1.91. The van der Waals surface area contributed by atoms with Crippen LogP contribution in [0, 0.1) is 0 Å². The molecule has 96 valence electrons. The van der Waals surface area contributed by atoms with Gasteiger partial charge in [0, 0.05) is 23.9 Å². The molecule has 3 aromatic rings. The van der Waals surface area contributed by atoms with Crippen molar-refractivity contribution in [2.75, 3.05) is 5.73 Å². The summed E-state index contributed by atoms with van der Waals surface area (Å²) in [6.07, 6.45) is 2.72. The summed E-state index contributed by atoms with van der Waals surface area (Å²) in [5.41, 5.74) is 14.4. The maximum Gasteiger partial charge on any atom is 0.0722 e. The van der Waals surface area contributed by atoms with Crippen molar-refractivity contribution in [3.05, 3.63) is 71.9 Å². The molecule has 2 aromatic carbocycles. The molecule has 0 saturated heterocycles. The van der Waals surface area contributed by atoms with Gasteiger partial charge in [-0.15, -0.1) is 0 Å². The molecule has 0 amide bonds. The van der Waals surface area contributed by atoms with Gasteiger partial charge in [-0.05, 0) is 34.4 Å². The van der Waals surface area contributed by atoms with Crippen molar-refractivity contribution in [1.82, 2.24) is 4.98 Å². The lowest BCUT2D eigenvalue weighted by Crippen LogP contribution is -1.97. The van der Waals surface area contributed by atoms with Gasteiger partial charge < -0.3 is 5.73 Å². The lowest BCUT2D eigenvalue weighted by Gasteiger charge is -2.10. The summed E-state index contributed by atoms with van der Waals surface area (Å²) >= 11 is 0. The molecule has 20 heavy (non-hydrogen) atoms. The van der Waals surface area contributed by atoms with E-state index < -0.39 is 0 Å². The van der Waals surface area contributed by atoms with Crippen LogP contribution in [0.5, 0.6) is 0 Å². The van der Waals surface area contributed by atoms with Gasteiger partial charge in [0.15, 0.2) is 0 Å². The Kier molecular flexibility index (Phi) is 2.36. The number of pyridine rings is 1. The second-order valence-corrected chi connectivity index (χ2v) is 5.10. The molecule has 2 heteroatoms. The smallest absolute Gasteiger partial charge is 0.0722 e. The summed E-state index contributed by atoms with van der Waals surface area (Å²) in [6.45, 7) is 0. The normalized spacial score (nSPS) is 12.0. The monoisotopic (exact) mass is 258 g/mol. The molecule has 0 spiro atoms. The number of aromatic nitrogens is 1. The van der Waals surface area contributed by atoms with Gasteiger partial charge in [0.1, 0.15) is 0 Å². The van der Waals surface area contributed by atoms with Gasteiger partial charge in [-0.3, -0.25) is 4.98 Å². The zero-order chi connectivity index (χ0) is 13.5. The average molecular weight is 258 g/mol. The minimum Gasteiger partial charge on any atom is -0.398 e. The fourth-order valence-electron chi connectivity index (χ4n) is 2.98. The molecule has 1 aliphatic rings. The maximum atomic E-state index is 6.41. The first-order chi connectivity index (χ1) is 9.84. The SMILES string of the molecule is Nc1c(-c2ccccn2)ccc2c1Cc1ccccc1-2. The Labute approximate surface area is 117 Å². The molecule has 0 unspecified atom stereocenters. The minimum absolute atomic E-state index is 0.859. The van der Waals surface area contributed by atoms with Gasteiger partial charge in [-0.1, -0.05) is 42.5 Å². The van der Waals surface area contributed by atoms with Crippen molar-refractivity contribution in [3.8, 4) is 22.4 Å². The van der Waals surface area contributed by atoms with Crippen LogP contribution in [-0.2, 0) is 6.42 Å². The van der Waals surface area contributed by atoms with Crippen molar-refractivity contribution in [3.63, 3.8) is 0 Å². The number of fused-ring (bicyclic) bond motifs is 3. The highest BCUT2D eigenvalue weighted by atomic mass is 14.7. The molecule has 2 N–H and O–H groups in total. The van der Waals surface area contributed by atoms with Gasteiger partial charge in [0.2, 0.25) is 0 Å². The van der Waals surface area contributed by atoms with Crippen LogP contribution < -0.4 is 5.73 Å². The van der Waals surface area contributed by atoms with Crippen LogP contribution in [0.3, 0.4) is 0 Å². The fraction of sp³-hybridized carbons (Fsp3) is 0.0556. The van der Waals surface area contributed by atoms with E-state index in [9.17, 15) is 0 Å². The van der Waals surface area contributed by atoms with E-state index in [-0.39, 0.29) is 0 Å². The van der Waals surface area contributed by atoms with E-state index in [1.54, 1.807) is 6.20 Å². The molecule has 0 saturated carbocycles. The Morgan fingerprint density at radius 1 is 0.800 bits per heavy atom. The lowest BCUT2D eigenvalue weighted by molar-refractivity contribution is 1.26. The Morgan fingerprint density at radius 2 is 1.60 bits per heavy atom. The molecule has 0 bridgehead atoms. The van der Waals surface area contributed by atoms with Crippen LogP contribution in [0.4, 0.5) is 5.69 Å². The predicted molar refractivity (Wildman–Crippen MR) is 82.3 cm³/mol. The summed E-state index contributed by atoms with van der Waals surface area (Å²) in [4.78, 5) is 4.40. The van der Waals surface area contributed by atoms with E-state index in [1.165, 1.54) is 22.3 Å². The maximum absolute atomic E-state index is 6.41. The van der Waals surface area contributed by atoms with Gasteiger partial charge >= 0.3 is 0 Å². The van der Waals surface area contributed by atoms with E-state index in [1.807, 2.05) is 18.2 Å². The van der Waals surface area contributed by atoms with E-state index >= 15 is 0 Å². The predicted octanol–water partition coefficient (Wildman–Crippen LogP) is 3.90. The van der Waals surface area contributed by atoms with Gasteiger partial charge in [0.05, 0.1) is 5.69 Å². The number of anilines is 1. The Bertz CT molecular complexity index is 792. The van der Waals surface area contributed by atoms with E-state index in [0.717, 1.165) is 23.4 Å². The largest absolute Gasteiger partial charge is 0.398 e. The molecule has 4 rings (SSSR count). The summed E-state index contributed by atoms with van der Waals surface area (Å²) < 4.78 is 0. The lowest BCUT2D eigenvalue weighted by atomic mass is 9.99. The standard InChI is InChI=1S/C18H14N2/c19-18-15(17-7-3-4-10-20-17)9-8-14-13-6-2-1-5-12(13)11-16(14)18/h1-10H,11,19H2. The number of rotatable bonds is 1. The third-order valence-corrected chi connectivity index (χ3v) is 3.97. The van der Waals surface area contributed by atoms with Crippen molar-refractivity contribution >= 4 is 5.69 Å². The van der Waals surface area contributed by atoms with Crippen LogP contribution in [0.25, 0.3) is 22.4 Å². The van der Waals surface area contributed by atoms with Crippen molar-refractivity contribution in [1.29, 1.82) is 0 Å². The molecule has 0 radical (unpaired) electrons. The molecule has 0 atom stereocenters. The van der Waals surface area contributed by atoms with Crippen molar-refractivity contribution < 1.29 is 0 Å². The van der Waals surface area contributed by atoms with E-state index in [0.29, 0.717) is 0 Å². The van der Waals surface area contributed by atoms with Crippen LogP contribution in [0.2, 0.25) is 0 Å². The molecule has 2 nitrogen and oxygen atoms in total. The number of nitrogens with two attached hydrogens (primary N) is 1. The molecular formula is C18H14N2. The third-order valence-electron chi connectivity index (χ3n) is 3.97. The van der Waals surface area contributed by atoms with Gasteiger partial charge in [0.25, 0.3) is 0 Å². The van der Waals surface area contributed by atoms with Crippen LogP contribution in [-0.4, -0.2) is 4.98 Å². The highest BCUT2D eigenvalue weighted by Crippen LogP contribution is 2.42. The second kappa shape index (κ2) is 4.20. The Morgan fingerprint density at radius 3 is 2.45 bits per heavy atom. The fourth-order valence-corrected chi connectivity index (χ4v) is 2.98. The highest BCUT2D eigenvalue weighted by Gasteiger charge is 2.21. The summed E-state index contributed by atoms with van der Waals surface area (Å²) in [6, 6.07) is 18.7. The molecule has 1 aliphatic carbocycles. The molecule has 1 aromatic heterocycles. The quantitative estimate of drug-likeness (QED) is 0.526. The van der Waals surface area contributed by atoms with E-state index in [2.05, 4.69) is 41.4 Å². The topological polar surface area (TPSA) is 38.9 Å². The van der Waals surface area contributed by atoms with Crippen molar-refractivity contribution in [2.24, 2.45) is 0 Å². The Hall–Kier alpha value is -2.61. The van der Waals surface area contributed by atoms with E-state index in [4.69, 9.17) is 5.73 Å². The van der Waals surface area contributed by atoms with Crippen LogP contribution >= 0.6 is 0 Å². The zero-order valence-electron chi connectivity index (χ0n) is 11.0. The summed E-state index contributed by atoms with van der Waals surface area (Å²) in [5, 5.41) is 0. The van der Waals surface area contributed by atoms with Crippen LogP contribution in [0.1, 0.15) is 11.1 Å². The number of nitrogens with zero attached hydrogens (tertiary/aromatic N) is 1. The molecule has 1 heterocycles. The number of hydrogen-bond acceptors (Lipinski definition) is 2.